The van der Waals surface area contributed by atoms with Gasteiger partial charge >= 0.3 is 0 Å². The number of carbonyl (C=O) groups excluding carboxylic acids is 1. The molecule has 1 amide bonds. The molecular weight excluding hydrogens is 352 g/mol. The molecule has 1 aliphatic rings. The Bertz CT molecular complexity index is 496. The molecule has 2 heterocycles. The molecule has 0 aliphatic carbocycles. The number of hydrogen-bond acceptors (Lipinski definition) is 4. The van der Waals surface area contributed by atoms with Crippen molar-refractivity contribution < 1.29 is 9.53 Å². The Morgan fingerprint density at radius 3 is 2.71 bits per heavy atom. The predicted molar refractivity (Wildman–Crippen MR) is 90.5 cm³/mol. The molecule has 0 spiro atoms. The summed E-state index contributed by atoms with van der Waals surface area (Å²) in [4.78, 5) is 16.5. The van der Waals surface area contributed by atoms with Gasteiger partial charge in [-0.25, -0.2) is 0 Å². The second-order valence-electron chi connectivity index (χ2n) is 5.46. The van der Waals surface area contributed by atoms with Gasteiger partial charge in [-0.3, -0.25) is 4.79 Å². The molecule has 0 unspecified atom stereocenters. The van der Waals surface area contributed by atoms with Gasteiger partial charge in [0.2, 0.25) is 0 Å². The molecule has 0 bridgehead atoms. The number of thiophene rings is 1. The number of nitrogens with one attached hydrogen (secondary N) is 1. The number of methoxy groups -OCH3 is 1. The van der Waals surface area contributed by atoms with Crippen molar-refractivity contribution in [3.8, 4) is 5.75 Å². The number of piperidine rings is 1. The Hall–Kier alpha value is -0.590. The first-order valence-electron chi connectivity index (χ1n) is 7.35. The molecule has 21 heavy (non-hydrogen) atoms. The lowest BCUT2D eigenvalue weighted by Gasteiger charge is -2.31. The number of aryl methyl sites for hydroxylation is 1. The summed E-state index contributed by atoms with van der Waals surface area (Å²) in [6.07, 6.45) is 3.40. The minimum absolute atomic E-state index is 0.109. The standard InChI is InChI=1S/C15H23BrN2O2S/c1-10-12(16)13(20-3)14(21-10)15(19)18-8-5-11(6-9-18)4-7-17-2/h11,17H,4-9H2,1-3H3. The van der Waals surface area contributed by atoms with Crippen LogP contribution in [0, 0.1) is 12.8 Å². The minimum atomic E-state index is 0.109. The molecule has 1 N–H and O–H groups in total. The maximum Gasteiger partial charge on any atom is 0.267 e. The van der Waals surface area contributed by atoms with Crippen LogP contribution in [0.1, 0.15) is 33.8 Å². The number of amides is 1. The van der Waals surface area contributed by atoms with E-state index in [2.05, 4.69) is 21.2 Å². The lowest BCUT2D eigenvalue weighted by atomic mass is 9.93. The average molecular weight is 375 g/mol. The summed E-state index contributed by atoms with van der Waals surface area (Å²) >= 11 is 5.01. The number of ether oxygens (including phenoxy) is 1. The Labute approximate surface area is 139 Å². The molecule has 1 aromatic rings. The van der Waals surface area contributed by atoms with Crippen molar-refractivity contribution in [3.63, 3.8) is 0 Å². The Balaban J connectivity index is 2.01. The molecule has 0 atom stereocenters. The van der Waals surface area contributed by atoms with Crippen molar-refractivity contribution in [1.29, 1.82) is 0 Å². The highest BCUT2D eigenvalue weighted by molar-refractivity contribution is 9.10. The van der Waals surface area contributed by atoms with Crippen molar-refractivity contribution in [2.45, 2.75) is 26.2 Å². The third-order valence-corrected chi connectivity index (χ3v) is 6.36. The molecular formula is C15H23BrN2O2S. The van der Waals surface area contributed by atoms with Crippen molar-refractivity contribution in [3.05, 3.63) is 14.2 Å². The van der Waals surface area contributed by atoms with E-state index in [1.165, 1.54) is 17.8 Å². The summed E-state index contributed by atoms with van der Waals surface area (Å²) in [5.74, 6) is 1.53. The summed E-state index contributed by atoms with van der Waals surface area (Å²) in [7, 11) is 3.61. The van der Waals surface area contributed by atoms with Gasteiger partial charge in [0.05, 0.1) is 11.6 Å². The first kappa shape index (κ1) is 16.8. The molecule has 0 radical (unpaired) electrons. The molecule has 1 aliphatic heterocycles. The van der Waals surface area contributed by atoms with E-state index < -0.39 is 0 Å². The van der Waals surface area contributed by atoms with Gasteiger partial charge < -0.3 is 15.0 Å². The van der Waals surface area contributed by atoms with Crippen LogP contribution in [0.15, 0.2) is 4.47 Å². The highest BCUT2D eigenvalue weighted by Crippen LogP contribution is 2.40. The van der Waals surface area contributed by atoms with Gasteiger partial charge in [-0.2, -0.15) is 0 Å². The highest BCUT2D eigenvalue weighted by Gasteiger charge is 2.28. The molecule has 1 aromatic heterocycles. The van der Waals surface area contributed by atoms with Crippen LogP contribution in [-0.2, 0) is 0 Å². The first-order valence-corrected chi connectivity index (χ1v) is 8.96. The fraction of sp³-hybridized carbons (Fsp3) is 0.667. The van der Waals surface area contributed by atoms with E-state index in [0.29, 0.717) is 5.75 Å². The van der Waals surface area contributed by atoms with Crippen molar-refractivity contribution >= 4 is 33.2 Å². The fourth-order valence-electron chi connectivity index (χ4n) is 2.74. The number of nitrogens with zero attached hydrogens (tertiary/aromatic N) is 1. The molecule has 4 nitrogen and oxygen atoms in total. The van der Waals surface area contributed by atoms with Gasteiger partial charge in [0.1, 0.15) is 4.88 Å². The predicted octanol–water partition coefficient (Wildman–Crippen LogP) is 3.29. The van der Waals surface area contributed by atoms with Gasteiger partial charge in [0.25, 0.3) is 5.91 Å². The minimum Gasteiger partial charge on any atom is -0.494 e. The van der Waals surface area contributed by atoms with Crippen molar-refractivity contribution in [1.82, 2.24) is 10.2 Å². The van der Waals surface area contributed by atoms with Crippen LogP contribution < -0.4 is 10.1 Å². The third-order valence-electron chi connectivity index (χ3n) is 4.07. The van der Waals surface area contributed by atoms with Crippen LogP contribution in [0.3, 0.4) is 0 Å². The summed E-state index contributed by atoms with van der Waals surface area (Å²) in [5, 5.41) is 3.20. The normalized spacial score (nSPS) is 16.3. The third kappa shape index (κ3) is 3.79. The zero-order chi connectivity index (χ0) is 15.4. The van der Waals surface area contributed by atoms with Crippen LogP contribution in [0.25, 0.3) is 0 Å². The van der Waals surface area contributed by atoms with E-state index in [1.807, 2.05) is 18.9 Å². The monoisotopic (exact) mass is 374 g/mol. The lowest BCUT2D eigenvalue weighted by molar-refractivity contribution is 0.0689. The Morgan fingerprint density at radius 2 is 2.14 bits per heavy atom. The van der Waals surface area contributed by atoms with Crippen LogP contribution in [0.5, 0.6) is 5.75 Å². The van der Waals surface area contributed by atoms with Gasteiger partial charge in [0.15, 0.2) is 5.75 Å². The molecule has 118 valence electrons. The smallest absolute Gasteiger partial charge is 0.267 e. The summed E-state index contributed by atoms with van der Waals surface area (Å²) < 4.78 is 6.30. The molecule has 2 rings (SSSR count). The highest BCUT2D eigenvalue weighted by atomic mass is 79.9. The molecule has 1 fully saturated rings. The van der Waals surface area contributed by atoms with Gasteiger partial charge in [-0.1, -0.05) is 0 Å². The SMILES string of the molecule is CNCCC1CCN(C(=O)c2sc(C)c(Br)c2OC)CC1. The second kappa shape index (κ2) is 7.61. The Kier molecular flexibility index (Phi) is 6.08. The van der Waals surface area contributed by atoms with Crippen LogP contribution in [0.4, 0.5) is 0 Å². The molecule has 6 heteroatoms. The summed E-state index contributed by atoms with van der Waals surface area (Å²) in [6, 6.07) is 0. The average Bonchev–Trinajstić information content (AvgIpc) is 2.80. The van der Waals surface area contributed by atoms with E-state index in [-0.39, 0.29) is 5.91 Å². The maximum absolute atomic E-state index is 12.7. The Morgan fingerprint density at radius 1 is 1.48 bits per heavy atom. The molecule has 0 saturated carbocycles. The van der Waals surface area contributed by atoms with E-state index in [4.69, 9.17) is 4.74 Å². The number of halogens is 1. The van der Waals surface area contributed by atoms with E-state index in [9.17, 15) is 4.79 Å². The van der Waals surface area contributed by atoms with Gasteiger partial charge in [0, 0.05) is 18.0 Å². The fourth-order valence-corrected chi connectivity index (χ4v) is 4.46. The second-order valence-corrected chi connectivity index (χ2v) is 7.48. The zero-order valence-electron chi connectivity index (χ0n) is 12.9. The number of likely N-dealkylation sites (tertiary alicyclic amines) is 1. The number of rotatable bonds is 5. The summed E-state index contributed by atoms with van der Waals surface area (Å²) in [6.45, 7) is 4.76. The number of hydrogen-bond donors (Lipinski definition) is 1. The maximum atomic E-state index is 12.7. The van der Waals surface area contributed by atoms with E-state index in [1.54, 1.807) is 7.11 Å². The van der Waals surface area contributed by atoms with Crippen LogP contribution >= 0.6 is 27.3 Å². The summed E-state index contributed by atoms with van der Waals surface area (Å²) in [5.41, 5.74) is 0. The van der Waals surface area contributed by atoms with Gasteiger partial charge in [-0.05, 0) is 61.6 Å². The van der Waals surface area contributed by atoms with Gasteiger partial charge in [-0.15, -0.1) is 11.3 Å². The van der Waals surface area contributed by atoms with Crippen molar-refractivity contribution in [2.75, 3.05) is 33.8 Å². The molecule has 0 aromatic carbocycles. The topological polar surface area (TPSA) is 41.6 Å². The lowest BCUT2D eigenvalue weighted by Crippen LogP contribution is -2.38. The largest absolute Gasteiger partial charge is 0.494 e. The van der Waals surface area contributed by atoms with E-state index >= 15 is 0 Å². The van der Waals surface area contributed by atoms with Crippen molar-refractivity contribution in [2.24, 2.45) is 5.92 Å². The van der Waals surface area contributed by atoms with Crippen LogP contribution in [-0.4, -0.2) is 44.6 Å². The first-order chi connectivity index (χ1) is 10.1. The quantitative estimate of drug-likeness (QED) is 0.859. The molecule has 1 saturated heterocycles. The van der Waals surface area contributed by atoms with Crippen LogP contribution in [0.2, 0.25) is 0 Å². The van der Waals surface area contributed by atoms with E-state index in [0.717, 1.165) is 52.6 Å². The number of carbonyl (C=O) groups is 1. The zero-order valence-corrected chi connectivity index (χ0v) is 15.3.